The van der Waals surface area contributed by atoms with Gasteiger partial charge in [0.2, 0.25) is 0 Å². The van der Waals surface area contributed by atoms with Crippen LogP contribution < -0.4 is 0 Å². The fourth-order valence-corrected chi connectivity index (χ4v) is 3.89. The molecular formula is C19H22N2O. The molecule has 0 bridgehead atoms. The molecule has 0 spiro atoms. The summed E-state index contributed by atoms with van der Waals surface area (Å²) in [7, 11) is 0. The van der Waals surface area contributed by atoms with E-state index in [1.807, 2.05) is 18.2 Å². The number of benzene rings is 1. The second kappa shape index (κ2) is 5.71. The molecule has 1 aliphatic carbocycles. The van der Waals surface area contributed by atoms with Gasteiger partial charge in [0.25, 0.3) is 5.91 Å². The molecule has 2 aliphatic rings. The monoisotopic (exact) mass is 294 g/mol. The number of para-hydroxylation sites is 1. The number of aromatic nitrogens is 1. The summed E-state index contributed by atoms with van der Waals surface area (Å²) in [6.07, 6.45) is 7.91. The van der Waals surface area contributed by atoms with Crippen LogP contribution in [0.2, 0.25) is 0 Å². The number of nitrogens with zero attached hydrogens (tertiary/aromatic N) is 2. The molecule has 22 heavy (non-hydrogen) atoms. The second-order valence-electron chi connectivity index (χ2n) is 6.49. The average Bonchev–Trinajstić information content (AvgIpc) is 2.84. The molecule has 0 unspecified atom stereocenters. The fourth-order valence-electron chi connectivity index (χ4n) is 3.89. The molecule has 1 amide bonds. The summed E-state index contributed by atoms with van der Waals surface area (Å²) < 4.78 is 0. The van der Waals surface area contributed by atoms with Gasteiger partial charge >= 0.3 is 0 Å². The summed E-state index contributed by atoms with van der Waals surface area (Å²) in [6.45, 7) is 1.81. The van der Waals surface area contributed by atoms with E-state index in [0.717, 1.165) is 67.4 Å². The van der Waals surface area contributed by atoms with Crippen molar-refractivity contribution in [1.29, 1.82) is 0 Å². The summed E-state index contributed by atoms with van der Waals surface area (Å²) in [5, 5.41) is 1.04. The Labute approximate surface area is 131 Å². The zero-order chi connectivity index (χ0) is 14.9. The van der Waals surface area contributed by atoms with Crippen molar-refractivity contribution in [3.63, 3.8) is 0 Å². The minimum absolute atomic E-state index is 0.235. The third-order valence-electron chi connectivity index (χ3n) is 5.03. The fraction of sp³-hybridized carbons (Fsp3) is 0.474. The predicted molar refractivity (Wildman–Crippen MR) is 88.1 cm³/mol. The molecule has 4 rings (SSSR count). The van der Waals surface area contributed by atoms with Gasteiger partial charge in [0.1, 0.15) is 0 Å². The maximum atomic E-state index is 13.2. The highest BCUT2D eigenvalue weighted by Crippen LogP contribution is 2.31. The first-order valence-corrected chi connectivity index (χ1v) is 8.54. The number of rotatable bonds is 1. The Morgan fingerprint density at radius 2 is 1.73 bits per heavy atom. The molecular weight excluding hydrogens is 272 g/mol. The number of carbonyl (C=O) groups is 1. The minimum Gasteiger partial charge on any atom is -0.339 e. The SMILES string of the molecule is O=C(c1c2c(nc3ccccc13)CCC2)N1CCCCCC1. The predicted octanol–water partition coefficient (Wildman–Crippen LogP) is 3.74. The zero-order valence-corrected chi connectivity index (χ0v) is 13.0. The van der Waals surface area contributed by atoms with Gasteiger partial charge in [-0.2, -0.15) is 0 Å². The van der Waals surface area contributed by atoms with Crippen LogP contribution in [-0.4, -0.2) is 28.9 Å². The van der Waals surface area contributed by atoms with E-state index in [-0.39, 0.29) is 5.91 Å². The molecule has 2 heterocycles. The van der Waals surface area contributed by atoms with Crippen molar-refractivity contribution < 1.29 is 4.79 Å². The highest BCUT2D eigenvalue weighted by molar-refractivity contribution is 6.07. The van der Waals surface area contributed by atoms with Crippen LogP contribution in [0.1, 0.15) is 53.7 Å². The molecule has 2 aromatic rings. The van der Waals surface area contributed by atoms with Gasteiger partial charge in [-0.05, 0) is 43.7 Å². The number of fused-ring (bicyclic) bond motifs is 2. The van der Waals surface area contributed by atoms with Gasteiger partial charge in [-0.15, -0.1) is 0 Å². The molecule has 3 heteroatoms. The van der Waals surface area contributed by atoms with Gasteiger partial charge in [-0.1, -0.05) is 31.0 Å². The average molecular weight is 294 g/mol. The molecule has 0 saturated carbocycles. The van der Waals surface area contributed by atoms with Gasteiger partial charge in [0.05, 0.1) is 11.1 Å². The number of carbonyl (C=O) groups excluding carboxylic acids is 1. The maximum absolute atomic E-state index is 13.2. The highest BCUT2D eigenvalue weighted by Gasteiger charge is 2.27. The summed E-state index contributed by atoms with van der Waals surface area (Å²) in [6, 6.07) is 8.13. The van der Waals surface area contributed by atoms with Gasteiger partial charge in [-0.25, -0.2) is 0 Å². The van der Waals surface area contributed by atoms with Crippen LogP contribution in [0.15, 0.2) is 24.3 Å². The third-order valence-corrected chi connectivity index (χ3v) is 5.03. The molecule has 0 radical (unpaired) electrons. The Morgan fingerprint density at radius 3 is 2.55 bits per heavy atom. The lowest BCUT2D eigenvalue weighted by Crippen LogP contribution is -2.32. The van der Waals surface area contributed by atoms with Crippen molar-refractivity contribution >= 4 is 16.8 Å². The quantitative estimate of drug-likeness (QED) is 0.802. The van der Waals surface area contributed by atoms with E-state index in [1.165, 1.54) is 18.4 Å². The number of pyridine rings is 1. The van der Waals surface area contributed by atoms with Crippen molar-refractivity contribution in [2.45, 2.75) is 44.9 Å². The van der Waals surface area contributed by atoms with Crippen LogP contribution in [-0.2, 0) is 12.8 Å². The van der Waals surface area contributed by atoms with E-state index in [9.17, 15) is 4.79 Å². The van der Waals surface area contributed by atoms with Crippen LogP contribution in [0.3, 0.4) is 0 Å². The van der Waals surface area contributed by atoms with Crippen LogP contribution in [0.4, 0.5) is 0 Å². The molecule has 1 aromatic heterocycles. The largest absolute Gasteiger partial charge is 0.339 e. The number of likely N-dealkylation sites (tertiary alicyclic amines) is 1. The molecule has 0 N–H and O–H groups in total. The lowest BCUT2D eigenvalue weighted by Gasteiger charge is -2.22. The summed E-state index contributed by atoms with van der Waals surface area (Å²) in [5.41, 5.74) is 4.28. The molecule has 1 aromatic carbocycles. The third kappa shape index (κ3) is 2.29. The van der Waals surface area contributed by atoms with Crippen LogP contribution >= 0.6 is 0 Å². The number of hydrogen-bond donors (Lipinski definition) is 0. The number of hydrogen-bond acceptors (Lipinski definition) is 2. The summed E-state index contributed by atoms with van der Waals surface area (Å²) >= 11 is 0. The van der Waals surface area contributed by atoms with Crippen LogP contribution in [0.5, 0.6) is 0 Å². The van der Waals surface area contributed by atoms with Crippen molar-refractivity contribution in [2.24, 2.45) is 0 Å². The van der Waals surface area contributed by atoms with Gasteiger partial charge in [0, 0.05) is 24.2 Å². The Morgan fingerprint density at radius 1 is 0.955 bits per heavy atom. The van der Waals surface area contributed by atoms with Crippen molar-refractivity contribution in [3.8, 4) is 0 Å². The first-order valence-electron chi connectivity index (χ1n) is 8.54. The normalized spacial score (nSPS) is 18.3. The maximum Gasteiger partial charge on any atom is 0.254 e. The van der Waals surface area contributed by atoms with E-state index in [0.29, 0.717) is 0 Å². The smallest absolute Gasteiger partial charge is 0.254 e. The Kier molecular flexibility index (Phi) is 3.57. The lowest BCUT2D eigenvalue weighted by atomic mass is 10.00. The Balaban J connectivity index is 1.84. The first-order chi connectivity index (χ1) is 10.8. The first kappa shape index (κ1) is 13.7. The minimum atomic E-state index is 0.235. The zero-order valence-electron chi connectivity index (χ0n) is 13.0. The van der Waals surface area contributed by atoms with E-state index in [1.54, 1.807) is 0 Å². The Hall–Kier alpha value is -1.90. The summed E-state index contributed by atoms with van der Waals surface area (Å²) in [5.74, 6) is 0.235. The van der Waals surface area contributed by atoms with E-state index >= 15 is 0 Å². The molecule has 3 nitrogen and oxygen atoms in total. The topological polar surface area (TPSA) is 33.2 Å². The molecule has 1 saturated heterocycles. The number of aryl methyl sites for hydroxylation is 1. The molecule has 0 atom stereocenters. The van der Waals surface area contributed by atoms with Gasteiger partial charge in [-0.3, -0.25) is 9.78 Å². The van der Waals surface area contributed by atoms with E-state index in [4.69, 9.17) is 4.98 Å². The van der Waals surface area contributed by atoms with Crippen LogP contribution in [0.25, 0.3) is 10.9 Å². The standard InChI is InChI=1S/C19H22N2O/c22-19(21-12-5-1-2-6-13-21)18-14-8-3-4-10-16(14)20-17-11-7-9-15(17)18/h3-4,8,10H,1-2,5-7,9,11-13H2. The van der Waals surface area contributed by atoms with Crippen molar-refractivity contribution in [1.82, 2.24) is 9.88 Å². The Bertz CT molecular complexity index is 715. The van der Waals surface area contributed by atoms with Gasteiger partial charge < -0.3 is 4.90 Å². The van der Waals surface area contributed by atoms with E-state index in [2.05, 4.69) is 11.0 Å². The molecule has 1 aliphatic heterocycles. The highest BCUT2D eigenvalue weighted by atomic mass is 16.2. The molecule has 114 valence electrons. The summed E-state index contributed by atoms with van der Waals surface area (Å²) in [4.78, 5) is 20.1. The van der Waals surface area contributed by atoms with Crippen molar-refractivity contribution in [3.05, 3.63) is 41.1 Å². The van der Waals surface area contributed by atoms with Crippen LogP contribution in [0, 0.1) is 0 Å². The van der Waals surface area contributed by atoms with E-state index < -0.39 is 0 Å². The lowest BCUT2D eigenvalue weighted by molar-refractivity contribution is 0.0762. The van der Waals surface area contributed by atoms with Crippen molar-refractivity contribution in [2.75, 3.05) is 13.1 Å². The molecule has 1 fully saturated rings. The number of amides is 1. The van der Waals surface area contributed by atoms with Gasteiger partial charge in [0.15, 0.2) is 0 Å². The second-order valence-corrected chi connectivity index (χ2v) is 6.49.